The molecule has 2 aromatic rings. The molecule has 0 spiro atoms. The number of carbonyl (C=O) groups is 3. The van der Waals surface area contributed by atoms with Crippen molar-refractivity contribution in [2.75, 3.05) is 18.4 Å². The third kappa shape index (κ3) is 6.53. The summed E-state index contributed by atoms with van der Waals surface area (Å²) in [5, 5.41) is 8.29. The number of piperidine rings is 1. The normalized spacial score (nSPS) is 15.1. The second-order valence-electron chi connectivity index (χ2n) is 7.62. The fourth-order valence-corrected chi connectivity index (χ4v) is 3.59. The van der Waals surface area contributed by atoms with Gasteiger partial charge in [0.1, 0.15) is 11.9 Å². The van der Waals surface area contributed by atoms with Gasteiger partial charge in [0, 0.05) is 32.5 Å². The number of halogens is 1. The highest BCUT2D eigenvalue weighted by molar-refractivity contribution is 5.89. The summed E-state index contributed by atoms with van der Waals surface area (Å²) in [6.07, 6.45) is 1.55. The lowest BCUT2D eigenvalue weighted by molar-refractivity contribution is -0.128. The van der Waals surface area contributed by atoms with Crippen LogP contribution in [0.15, 0.2) is 54.6 Å². The zero-order valence-corrected chi connectivity index (χ0v) is 17.4. The Bertz CT molecular complexity index is 914. The number of nitrogens with zero attached hydrogens (tertiary/aromatic N) is 1. The van der Waals surface area contributed by atoms with Gasteiger partial charge >= 0.3 is 6.03 Å². The zero-order chi connectivity index (χ0) is 22.2. The van der Waals surface area contributed by atoms with Crippen LogP contribution in [0.25, 0.3) is 0 Å². The van der Waals surface area contributed by atoms with Crippen LogP contribution in [0.4, 0.5) is 14.9 Å². The van der Waals surface area contributed by atoms with E-state index in [1.165, 1.54) is 19.1 Å². The molecule has 3 rings (SSSR count). The van der Waals surface area contributed by atoms with Crippen molar-refractivity contribution in [3.63, 3.8) is 0 Å². The van der Waals surface area contributed by atoms with Gasteiger partial charge in [-0.3, -0.25) is 9.59 Å². The van der Waals surface area contributed by atoms with Crippen LogP contribution in [-0.2, 0) is 16.0 Å². The minimum atomic E-state index is -0.665. The Morgan fingerprint density at radius 1 is 1.03 bits per heavy atom. The van der Waals surface area contributed by atoms with E-state index in [0.717, 1.165) is 5.56 Å². The van der Waals surface area contributed by atoms with E-state index in [-0.39, 0.29) is 29.6 Å². The Morgan fingerprint density at radius 3 is 2.32 bits per heavy atom. The monoisotopic (exact) mass is 426 g/mol. The van der Waals surface area contributed by atoms with E-state index in [4.69, 9.17) is 0 Å². The third-order valence-corrected chi connectivity index (χ3v) is 5.22. The van der Waals surface area contributed by atoms with E-state index in [1.54, 1.807) is 17.0 Å². The summed E-state index contributed by atoms with van der Waals surface area (Å²) in [7, 11) is 0. The summed E-state index contributed by atoms with van der Waals surface area (Å²) in [5.41, 5.74) is 1.10. The lowest BCUT2D eigenvalue weighted by Crippen LogP contribution is -2.53. The number of hydrogen-bond donors (Lipinski definition) is 3. The molecule has 3 N–H and O–H groups in total. The molecule has 1 heterocycles. The van der Waals surface area contributed by atoms with Crippen molar-refractivity contribution < 1.29 is 18.8 Å². The molecule has 1 fully saturated rings. The molecule has 4 amide bonds. The summed E-state index contributed by atoms with van der Waals surface area (Å²) < 4.78 is 13.7. The molecule has 7 nitrogen and oxygen atoms in total. The van der Waals surface area contributed by atoms with Crippen LogP contribution in [0.3, 0.4) is 0 Å². The molecule has 31 heavy (non-hydrogen) atoms. The first kappa shape index (κ1) is 22.3. The van der Waals surface area contributed by atoms with Gasteiger partial charge in [0.15, 0.2) is 0 Å². The number of hydrogen-bond acceptors (Lipinski definition) is 3. The number of anilines is 1. The second-order valence-corrected chi connectivity index (χ2v) is 7.62. The molecule has 0 aliphatic carbocycles. The Labute approximate surface area is 181 Å². The number of likely N-dealkylation sites (tertiary alicyclic amines) is 1. The van der Waals surface area contributed by atoms with Crippen molar-refractivity contribution in [3.05, 3.63) is 66.0 Å². The predicted octanol–water partition coefficient (Wildman–Crippen LogP) is 2.69. The van der Waals surface area contributed by atoms with Gasteiger partial charge in [-0.15, -0.1) is 0 Å². The lowest BCUT2D eigenvalue weighted by atomic mass is 10.0. The number of carbonyl (C=O) groups excluding carboxylic acids is 3. The fraction of sp³-hybridized carbons (Fsp3) is 0.348. The van der Waals surface area contributed by atoms with Gasteiger partial charge in [-0.25, -0.2) is 9.18 Å². The first-order valence-electron chi connectivity index (χ1n) is 10.3. The number of benzene rings is 2. The molecular weight excluding hydrogens is 399 g/mol. The van der Waals surface area contributed by atoms with E-state index in [1.807, 2.05) is 30.3 Å². The SMILES string of the molecule is CC(=O)N[C@@H](Cc1ccccc1)C(=O)NC1CCN(C(=O)Nc2ccccc2F)CC1. The first-order chi connectivity index (χ1) is 14.9. The Hall–Kier alpha value is -3.42. The van der Waals surface area contributed by atoms with Crippen LogP contribution in [0.5, 0.6) is 0 Å². The van der Waals surface area contributed by atoms with Crippen LogP contribution < -0.4 is 16.0 Å². The van der Waals surface area contributed by atoms with Gasteiger partial charge in [-0.05, 0) is 30.5 Å². The molecule has 1 aliphatic rings. The second kappa shape index (κ2) is 10.6. The lowest BCUT2D eigenvalue weighted by Gasteiger charge is -2.33. The molecule has 1 atom stereocenters. The highest BCUT2D eigenvalue weighted by Gasteiger charge is 2.27. The van der Waals surface area contributed by atoms with Gasteiger partial charge in [0.05, 0.1) is 5.69 Å². The molecule has 1 saturated heterocycles. The van der Waals surface area contributed by atoms with Gasteiger partial charge in [-0.1, -0.05) is 42.5 Å². The van der Waals surface area contributed by atoms with E-state index < -0.39 is 11.9 Å². The molecule has 0 unspecified atom stereocenters. The molecule has 2 aromatic carbocycles. The number of amides is 4. The number of nitrogens with one attached hydrogen (secondary N) is 3. The minimum Gasteiger partial charge on any atom is -0.351 e. The molecule has 0 bridgehead atoms. The minimum absolute atomic E-state index is 0.1000. The van der Waals surface area contributed by atoms with Gasteiger partial charge in [0.25, 0.3) is 0 Å². The number of urea groups is 1. The van der Waals surface area contributed by atoms with Crippen molar-refractivity contribution in [1.29, 1.82) is 0 Å². The molecule has 8 heteroatoms. The van der Waals surface area contributed by atoms with E-state index >= 15 is 0 Å². The standard InChI is InChI=1S/C23H27FN4O3/c1-16(29)25-21(15-17-7-3-2-4-8-17)22(30)26-18-11-13-28(14-12-18)23(31)27-20-10-6-5-9-19(20)24/h2-10,18,21H,11-15H2,1H3,(H,25,29)(H,26,30)(H,27,31)/t21-/m0/s1. The van der Waals surface area contributed by atoms with Crippen LogP contribution in [0.1, 0.15) is 25.3 Å². The van der Waals surface area contributed by atoms with E-state index in [0.29, 0.717) is 32.4 Å². The summed E-state index contributed by atoms with van der Waals surface area (Å²) in [4.78, 5) is 38.3. The highest BCUT2D eigenvalue weighted by atomic mass is 19.1. The Kier molecular flexibility index (Phi) is 7.59. The van der Waals surface area contributed by atoms with E-state index in [2.05, 4.69) is 16.0 Å². The van der Waals surface area contributed by atoms with Gasteiger partial charge in [0.2, 0.25) is 11.8 Å². The third-order valence-electron chi connectivity index (χ3n) is 5.22. The predicted molar refractivity (Wildman–Crippen MR) is 116 cm³/mol. The van der Waals surface area contributed by atoms with Crippen molar-refractivity contribution in [2.45, 2.75) is 38.3 Å². The van der Waals surface area contributed by atoms with Crippen LogP contribution in [0.2, 0.25) is 0 Å². The molecule has 1 aliphatic heterocycles. The maximum absolute atomic E-state index is 13.7. The quantitative estimate of drug-likeness (QED) is 0.663. The average Bonchev–Trinajstić information content (AvgIpc) is 2.76. The topological polar surface area (TPSA) is 90.5 Å². The van der Waals surface area contributed by atoms with Crippen LogP contribution in [0, 0.1) is 5.82 Å². The van der Waals surface area contributed by atoms with Crippen LogP contribution >= 0.6 is 0 Å². The van der Waals surface area contributed by atoms with Crippen molar-refractivity contribution in [2.24, 2.45) is 0 Å². The maximum atomic E-state index is 13.7. The van der Waals surface area contributed by atoms with Crippen LogP contribution in [-0.4, -0.2) is 47.9 Å². The smallest absolute Gasteiger partial charge is 0.321 e. The summed E-state index contributed by atoms with van der Waals surface area (Å²) in [5.74, 6) is -0.996. The molecule has 0 radical (unpaired) electrons. The average molecular weight is 426 g/mol. The first-order valence-corrected chi connectivity index (χ1v) is 10.3. The largest absolute Gasteiger partial charge is 0.351 e. The number of rotatable bonds is 6. The molecule has 0 saturated carbocycles. The highest BCUT2D eigenvalue weighted by Crippen LogP contribution is 2.16. The van der Waals surface area contributed by atoms with E-state index in [9.17, 15) is 18.8 Å². The van der Waals surface area contributed by atoms with Gasteiger partial charge < -0.3 is 20.9 Å². The van der Waals surface area contributed by atoms with Crippen molar-refractivity contribution in [3.8, 4) is 0 Å². The Morgan fingerprint density at radius 2 is 1.68 bits per heavy atom. The molecular formula is C23H27FN4O3. The Balaban J connectivity index is 1.51. The van der Waals surface area contributed by atoms with Crippen molar-refractivity contribution >= 4 is 23.5 Å². The summed E-state index contributed by atoms with van der Waals surface area (Å²) in [6, 6.07) is 14.4. The maximum Gasteiger partial charge on any atom is 0.321 e. The molecule has 0 aromatic heterocycles. The van der Waals surface area contributed by atoms with Gasteiger partial charge in [-0.2, -0.15) is 0 Å². The molecule has 164 valence electrons. The fourth-order valence-electron chi connectivity index (χ4n) is 3.59. The zero-order valence-electron chi connectivity index (χ0n) is 17.4. The van der Waals surface area contributed by atoms with Crippen molar-refractivity contribution in [1.82, 2.24) is 15.5 Å². The summed E-state index contributed by atoms with van der Waals surface area (Å²) in [6.45, 7) is 2.27. The summed E-state index contributed by atoms with van der Waals surface area (Å²) >= 11 is 0. The number of para-hydroxylation sites is 1.